The smallest absolute Gasteiger partial charge is 0.251 e. The number of hydrogen-bond acceptors (Lipinski definition) is 5. The number of benzene rings is 2. The summed E-state index contributed by atoms with van der Waals surface area (Å²) < 4.78 is 5.12. The van der Waals surface area contributed by atoms with E-state index in [9.17, 15) is 14.4 Å². The first-order valence-corrected chi connectivity index (χ1v) is 9.70. The van der Waals surface area contributed by atoms with Crippen LogP contribution in [0.25, 0.3) is 0 Å². The quantitative estimate of drug-likeness (QED) is 0.762. The minimum atomic E-state index is -0.551. The Bertz CT molecular complexity index is 924. The minimum absolute atomic E-state index is 0.130. The summed E-state index contributed by atoms with van der Waals surface area (Å²) in [5, 5.41) is 3.18. The molecule has 0 spiro atoms. The van der Waals surface area contributed by atoms with Crippen LogP contribution in [0.15, 0.2) is 48.5 Å². The van der Waals surface area contributed by atoms with Gasteiger partial charge in [-0.05, 0) is 48.4 Å². The Labute approximate surface area is 169 Å². The zero-order valence-corrected chi connectivity index (χ0v) is 16.3. The van der Waals surface area contributed by atoms with Crippen molar-refractivity contribution in [3.8, 4) is 5.75 Å². The topological polar surface area (TPSA) is 79.0 Å². The van der Waals surface area contributed by atoms with E-state index >= 15 is 0 Å². The molecule has 1 N–H and O–H groups in total. The van der Waals surface area contributed by atoms with Gasteiger partial charge in [-0.1, -0.05) is 12.1 Å². The van der Waals surface area contributed by atoms with Crippen LogP contribution in [0, 0.1) is 0 Å². The molecular formula is C22H23N3O4. The second-order valence-electron chi connectivity index (χ2n) is 7.22. The molecule has 2 aromatic rings. The summed E-state index contributed by atoms with van der Waals surface area (Å²) in [5.74, 6) is 0.353. The van der Waals surface area contributed by atoms with Crippen molar-refractivity contribution in [2.45, 2.75) is 31.8 Å². The van der Waals surface area contributed by atoms with Crippen molar-refractivity contribution < 1.29 is 19.1 Å². The van der Waals surface area contributed by atoms with Crippen molar-refractivity contribution in [1.82, 2.24) is 5.32 Å². The summed E-state index contributed by atoms with van der Waals surface area (Å²) >= 11 is 0. The lowest BCUT2D eigenvalue weighted by atomic mass is 10.1. The van der Waals surface area contributed by atoms with Crippen LogP contribution in [0.2, 0.25) is 0 Å². The molecule has 29 heavy (non-hydrogen) atoms. The molecule has 0 radical (unpaired) electrons. The van der Waals surface area contributed by atoms with Gasteiger partial charge in [-0.15, -0.1) is 0 Å². The van der Waals surface area contributed by atoms with Crippen LogP contribution < -0.4 is 19.9 Å². The second kappa shape index (κ2) is 8.05. The predicted octanol–water partition coefficient (Wildman–Crippen LogP) is 2.24. The Kier molecular flexibility index (Phi) is 5.31. The molecule has 2 aromatic carbocycles. The number of carbonyl (C=O) groups is 3. The first-order chi connectivity index (χ1) is 14.1. The monoisotopic (exact) mass is 393 g/mol. The Morgan fingerprint density at radius 2 is 1.66 bits per heavy atom. The first-order valence-electron chi connectivity index (χ1n) is 9.70. The van der Waals surface area contributed by atoms with Gasteiger partial charge in [0.2, 0.25) is 11.8 Å². The molecule has 2 heterocycles. The average molecular weight is 393 g/mol. The van der Waals surface area contributed by atoms with E-state index in [1.165, 1.54) is 4.90 Å². The van der Waals surface area contributed by atoms with Gasteiger partial charge in [0.05, 0.1) is 25.3 Å². The van der Waals surface area contributed by atoms with Crippen LogP contribution >= 0.6 is 0 Å². The highest BCUT2D eigenvalue weighted by molar-refractivity contribution is 6.22. The number of carbonyl (C=O) groups excluding carboxylic acids is 3. The summed E-state index contributed by atoms with van der Waals surface area (Å²) in [4.78, 5) is 40.0. The van der Waals surface area contributed by atoms with Crippen LogP contribution in [0.3, 0.4) is 0 Å². The number of amides is 3. The fraction of sp³-hybridized carbons (Fsp3) is 0.318. The van der Waals surface area contributed by atoms with Crippen LogP contribution in [-0.2, 0) is 20.9 Å². The lowest BCUT2D eigenvalue weighted by Crippen LogP contribution is -2.38. The molecule has 2 fully saturated rings. The Morgan fingerprint density at radius 1 is 0.966 bits per heavy atom. The Morgan fingerprint density at radius 3 is 2.28 bits per heavy atom. The van der Waals surface area contributed by atoms with Gasteiger partial charge in [-0.25, -0.2) is 4.90 Å². The summed E-state index contributed by atoms with van der Waals surface area (Å²) in [6.45, 7) is 1.23. The number of nitrogens with zero attached hydrogens (tertiary/aromatic N) is 2. The maximum Gasteiger partial charge on any atom is 0.251 e. The van der Waals surface area contributed by atoms with Crippen LogP contribution in [-0.4, -0.2) is 37.4 Å². The van der Waals surface area contributed by atoms with E-state index in [1.807, 2.05) is 24.3 Å². The lowest BCUT2D eigenvalue weighted by molar-refractivity contribution is -0.122. The van der Waals surface area contributed by atoms with Gasteiger partial charge >= 0.3 is 0 Å². The maximum atomic E-state index is 12.7. The molecule has 150 valence electrons. The molecule has 0 aromatic heterocycles. The van der Waals surface area contributed by atoms with Crippen molar-refractivity contribution in [2.75, 3.05) is 23.5 Å². The molecule has 1 atom stereocenters. The highest BCUT2D eigenvalue weighted by Gasteiger charge is 2.39. The van der Waals surface area contributed by atoms with Crippen molar-refractivity contribution in [2.24, 2.45) is 0 Å². The van der Waals surface area contributed by atoms with Crippen molar-refractivity contribution in [1.29, 1.82) is 0 Å². The van der Waals surface area contributed by atoms with Crippen molar-refractivity contribution in [3.05, 3.63) is 54.1 Å². The standard InChI is InChI=1S/C22H23N3O4/c1-29-18-10-8-17(9-11-18)25-21(27)13-19(22(25)28)23-14-15-4-6-16(7-5-15)24-12-2-3-20(24)26/h4-11,19,23H,2-3,12-14H2,1H3. The van der Waals surface area contributed by atoms with E-state index in [0.717, 1.165) is 24.2 Å². The third kappa shape index (κ3) is 3.86. The molecule has 4 rings (SSSR count). The molecule has 7 heteroatoms. The molecule has 0 saturated carbocycles. The Balaban J connectivity index is 1.38. The molecule has 2 aliphatic heterocycles. The SMILES string of the molecule is COc1ccc(N2C(=O)CC(NCc3ccc(N4CCCC4=O)cc3)C2=O)cc1. The van der Waals surface area contributed by atoms with Gasteiger partial charge in [0.1, 0.15) is 5.75 Å². The highest BCUT2D eigenvalue weighted by atomic mass is 16.5. The van der Waals surface area contributed by atoms with Gasteiger partial charge in [0, 0.05) is 25.2 Å². The molecule has 3 amide bonds. The van der Waals surface area contributed by atoms with Gasteiger partial charge in [0.25, 0.3) is 5.91 Å². The summed E-state index contributed by atoms with van der Waals surface area (Å²) in [6, 6.07) is 14.0. The minimum Gasteiger partial charge on any atom is -0.497 e. The summed E-state index contributed by atoms with van der Waals surface area (Å²) in [5.41, 5.74) is 2.43. The molecule has 1 unspecified atom stereocenters. The van der Waals surface area contributed by atoms with Crippen LogP contribution in [0.4, 0.5) is 11.4 Å². The average Bonchev–Trinajstić information content (AvgIpc) is 3.29. The van der Waals surface area contributed by atoms with Gasteiger partial charge in [-0.2, -0.15) is 0 Å². The van der Waals surface area contributed by atoms with E-state index in [4.69, 9.17) is 4.74 Å². The van der Waals surface area contributed by atoms with Gasteiger partial charge in [-0.3, -0.25) is 14.4 Å². The third-order valence-electron chi connectivity index (χ3n) is 5.35. The van der Waals surface area contributed by atoms with E-state index in [0.29, 0.717) is 24.4 Å². The highest BCUT2D eigenvalue weighted by Crippen LogP contribution is 2.26. The maximum absolute atomic E-state index is 12.7. The number of imide groups is 1. The number of ether oxygens (including phenoxy) is 1. The number of rotatable bonds is 6. The normalized spacial score (nSPS) is 19.3. The zero-order valence-electron chi connectivity index (χ0n) is 16.3. The van der Waals surface area contributed by atoms with Crippen LogP contribution in [0.1, 0.15) is 24.8 Å². The predicted molar refractivity (Wildman–Crippen MR) is 109 cm³/mol. The van der Waals surface area contributed by atoms with Gasteiger partial charge in [0.15, 0.2) is 0 Å². The van der Waals surface area contributed by atoms with E-state index in [2.05, 4.69) is 5.32 Å². The van der Waals surface area contributed by atoms with E-state index < -0.39 is 6.04 Å². The lowest BCUT2D eigenvalue weighted by Gasteiger charge is -2.17. The molecular weight excluding hydrogens is 370 g/mol. The fourth-order valence-electron chi connectivity index (χ4n) is 3.75. The Hall–Kier alpha value is -3.19. The van der Waals surface area contributed by atoms with E-state index in [1.54, 1.807) is 36.3 Å². The zero-order chi connectivity index (χ0) is 20.4. The summed E-state index contributed by atoms with van der Waals surface area (Å²) in [6.07, 6.45) is 1.63. The largest absolute Gasteiger partial charge is 0.497 e. The number of anilines is 2. The van der Waals surface area contributed by atoms with Crippen molar-refractivity contribution >= 4 is 29.1 Å². The number of hydrogen-bond donors (Lipinski definition) is 1. The van der Waals surface area contributed by atoms with Crippen LogP contribution in [0.5, 0.6) is 5.75 Å². The molecule has 2 aliphatic rings. The fourth-order valence-corrected chi connectivity index (χ4v) is 3.75. The molecule has 7 nitrogen and oxygen atoms in total. The third-order valence-corrected chi connectivity index (χ3v) is 5.35. The molecule has 2 saturated heterocycles. The summed E-state index contributed by atoms with van der Waals surface area (Å²) in [7, 11) is 1.57. The number of nitrogens with one attached hydrogen (secondary N) is 1. The number of methoxy groups -OCH3 is 1. The van der Waals surface area contributed by atoms with E-state index in [-0.39, 0.29) is 24.1 Å². The molecule has 0 bridgehead atoms. The van der Waals surface area contributed by atoms with Gasteiger partial charge < -0.3 is 15.0 Å². The van der Waals surface area contributed by atoms with Crippen molar-refractivity contribution in [3.63, 3.8) is 0 Å². The first kappa shape index (κ1) is 19.1. The second-order valence-corrected chi connectivity index (χ2v) is 7.22. The molecule has 0 aliphatic carbocycles.